The Kier molecular flexibility index (Phi) is 5.85. The lowest BCUT2D eigenvalue weighted by molar-refractivity contribution is -0.117. The molecule has 1 heterocycles. The summed E-state index contributed by atoms with van der Waals surface area (Å²) < 4.78 is 5.96. The average Bonchev–Trinajstić information content (AvgIpc) is 3.18. The molecule has 2 amide bonds. The van der Waals surface area contributed by atoms with Crippen molar-refractivity contribution in [3.63, 3.8) is 0 Å². The number of hydrogen-bond donors (Lipinski definition) is 1. The molecule has 1 atom stereocenters. The van der Waals surface area contributed by atoms with Crippen molar-refractivity contribution in [3.8, 4) is 17.6 Å². The van der Waals surface area contributed by atoms with Crippen LogP contribution in [0.15, 0.2) is 60.7 Å². The highest BCUT2D eigenvalue weighted by Crippen LogP contribution is 2.37. The fourth-order valence-corrected chi connectivity index (χ4v) is 3.95. The number of benzene rings is 3. The van der Waals surface area contributed by atoms with Gasteiger partial charge in [-0.2, -0.15) is 5.26 Å². The summed E-state index contributed by atoms with van der Waals surface area (Å²) in [5, 5.41) is 9.81. The van der Waals surface area contributed by atoms with Crippen molar-refractivity contribution in [2.75, 3.05) is 11.4 Å². The van der Waals surface area contributed by atoms with E-state index in [9.17, 15) is 14.9 Å². The van der Waals surface area contributed by atoms with Gasteiger partial charge in [-0.15, -0.1) is 0 Å². The molecule has 0 aliphatic carbocycles. The third-order valence-electron chi connectivity index (χ3n) is 5.47. The fourth-order valence-electron chi connectivity index (χ4n) is 3.80. The van der Waals surface area contributed by atoms with Crippen LogP contribution in [0.5, 0.6) is 11.5 Å². The number of hydrogen-bond acceptors (Lipinski definition) is 4. The topological polar surface area (TPSA) is 96.4 Å². The number of primary amides is 1. The number of carbonyl (C=O) groups excluding carboxylic acids is 2. The normalized spacial score (nSPS) is 15.5. The Morgan fingerprint density at radius 3 is 2.72 bits per heavy atom. The first-order chi connectivity index (χ1) is 15.4. The zero-order valence-electron chi connectivity index (χ0n) is 17.3. The SMILES string of the molecule is Cc1ccc(Oc2cc([C@H]3CC(=O)N(c4cccc(C(N)=O)c4)C3)ccc2Cl)c(C#N)c1. The van der Waals surface area contributed by atoms with E-state index >= 15 is 0 Å². The maximum absolute atomic E-state index is 12.7. The molecule has 1 aliphatic heterocycles. The molecule has 0 spiro atoms. The van der Waals surface area contributed by atoms with Crippen molar-refractivity contribution in [2.45, 2.75) is 19.3 Å². The van der Waals surface area contributed by atoms with E-state index in [2.05, 4.69) is 6.07 Å². The predicted octanol–water partition coefficient (Wildman–Crippen LogP) is 4.93. The summed E-state index contributed by atoms with van der Waals surface area (Å²) >= 11 is 6.35. The van der Waals surface area contributed by atoms with Gasteiger partial charge in [-0.1, -0.05) is 29.8 Å². The maximum atomic E-state index is 12.7. The fraction of sp³-hybridized carbons (Fsp3) is 0.160. The van der Waals surface area contributed by atoms with E-state index in [1.807, 2.05) is 25.1 Å². The molecule has 1 saturated heterocycles. The number of nitrogens with zero attached hydrogens (tertiary/aromatic N) is 2. The van der Waals surface area contributed by atoms with E-state index in [0.29, 0.717) is 46.3 Å². The third-order valence-corrected chi connectivity index (χ3v) is 5.78. The summed E-state index contributed by atoms with van der Waals surface area (Å²) in [5.74, 6) is 0.185. The van der Waals surface area contributed by atoms with Crippen molar-refractivity contribution in [1.82, 2.24) is 0 Å². The van der Waals surface area contributed by atoms with Crippen molar-refractivity contribution >= 4 is 29.1 Å². The van der Waals surface area contributed by atoms with Crippen molar-refractivity contribution < 1.29 is 14.3 Å². The summed E-state index contributed by atoms with van der Waals surface area (Å²) in [5.41, 5.74) is 8.64. The van der Waals surface area contributed by atoms with Gasteiger partial charge in [0.25, 0.3) is 0 Å². The number of ether oxygens (including phenoxy) is 1. The maximum Gasteiger partial charge on any atom is 0.248 e. The second-order valence-corrected chi connectivity index (χ2v) is 8.13. The molecule has 32 heavy (non-hydrogen) atoms. The zero-order valence-corrected chi connectivity index (χ0v) is 18.1. The van der Waals surface area contributed by atoms with Crippen LogP contribution in [-0.2, 0) is 4.79 Å². The standard InChI is InChI=1S/C25H20ClN3O3/c1-15-5-8-22(18(9-15)13-27)32-23-11-16(6-7-21(23)26)19-12-24(30)29(14-19)20-4-2-3-17(10-20)25(28)31/h2-11,19H,12,14H2,1H3,(H2,28,31)/t19-/m0/s1. The average molecular weight is 446 g/mol. The van der Waals surface area contributed by atoms with Gasteiger partial charge in [0.1, 0.15) is 17.6 Å². The number of halogens is 1. The minimum Gasteiger partial charge on any atom is -0.454 e. The highest BCUT2D eigenvalue weighted by atomic mass is 35.5. The van der Waals surface area contributed by atoms with Gasteiger partial charge in [-0.3, -0.25) is 9.59 Å². The summed E-state index contributed by atoms with van der Waals surface area (Å²) in [6, 6.07) is 19.6. The number of rotatable bonds is 5. The monoisotopic (exact) mass is 445 g/mol. The van der Waals surface area contributed by atoms with Gasteiger partial charge in [0.05, 0.1) is 10.6 Å². The number of carbonyl (C=O) groups is 2. The molecule has 0 radical (unpaired) electrons. The lowest BCUT2D eigenvalue weighted by Gasteiger charge is -2.18. The van der Waals surface area contributed by atoms with E-state index in [0.717, 1.165) is 11.1 Å². The van der Waals surface area contributed by atoms with Crippen LogP contribution >= 0.6 is 11.6 Å². The van der Waals surface area contributed by atoms with Gasteiger partial charge in [0.15, 0.2) is 0 Å². The predicted molar refractivity (Wildman–Crippen MR) is 122 cm³/mol. The molecular formula is C25H20ClN3O3. The van der Waals surface area contributed by atoms with Crippen LogP contribution in [-0.4, -0.2) is 18.4 Å². The Balaban J connectivity index is 1.59. The van der Waals surface area contributed by atoms with Gasteiger partial charge >= 0.3 is 0 Å². The van der Waals surface area contributed by atoms with Crippen LogP contribution in [0, 0.1) is 18.3 Å². The van der Waals surface area contributed by atoms with E-state index in [1.54, 1.807) is 47.4 Å². The Morgan fingerprint density at radius 1 is 1.16 bits per heavy atom. The molecule has 0 unspecified atom stereocenters. The molecule has 160 valence electrons. The second kappa shape index (κ2) is 8.74. The summed E-state index contributed by atoms with van der Waals surface area (Å²) in [6.45, 7) is 2.36. The Hall–Kier alpha value is -3.82. The first kappa shape index (κ1) is 21.4. The molecule has 4 rings (SSSR count). The van der Waals surface area contributed by atoms with Gasteiger partial charge in [-0.25, -0.2) is 0 Å². The van der Waals surface area contributed by atoms with E-state index in [1.165, 1.54) is 0 Å². The number of aryl methyl sites for hydroxylation is 1. The Bertz CT molecular complexity index is 1270. The van der Waals surface area contributed by atoms with Crippen LogP contribution in [0.4, 0.5) is 5.69 Å². The summed E-state index contributed by atoms with van der Waals surface area (Å²) in [4.78, 5) is 25.9. The summed E-state index contributed by atoms with van der Waals surface area (Å²) in [6.07, 6.45) is 0.315. The smallest absolute Gasteiger partial charge is 0.248 e. The van der Waals surface area contributed by atoms with Crippen molar-refractivity contribution in [1.29, 1.82) is 5.26 Å². The van der Waals surface area contributed by atoms with E-state index in [4.69, 9.17) is 22.1 Å². The first-order valence-electron chi connectivity index (χ1n) is 10.0. The van der Waals surface area contributed by atoms with E-state index in [-0.39, 0.29) is 11.8 Å². The lowest BCUT2D eigenvalue weighted by Crippen LogP contribution is -2.24. The molecule has 2 N–H and O–H groups in total. The lowest BCUT2D eigenvalue weighted by atomic mass is 9.98. The number of amides is 2. The van der Waals surface area contributed by atoms with Gasteiger partial charge in [0, 0.05) is 30.1 Å². The van der Waals surface area contributed by atoms with Crippen LogP contribution < -0.4 is 15.4 Å². The van der Waals surface area contributed by atoms with E-state index < -0.39 is 5.91 Å². The molecular weight excluding hydrogens is 426 g/mol. The molecule has 1 aliphatic rings. The highest BCUT2D eigenvalue weighted by molar-refractivity contribution is 6.32. The largest absolute Gasteiger partial charge is 0.454 e. The molecule has 3 aromatic carbocycles. The molecule has 0 saturated carbocycles. The van der Waals surface area contributed by atoms with Crippen molar-refractivity contribution in [3.05, 3.63) is 87.9 Å². The molecule has 3 aromatic rings. The molecule has 1 fully saturated rings. The quantitative estimate of drug-likeness (QED) is 0.602. The number of anilines is 1. The van der Waals surface area contributed by atoms with Gasteiger partial charge < -0.3 is 15.4 Å². The molecule has 7 heteroatoms. The van der Waals surface area contributed by atoms with Crippen LogP contribution in [0.1, 0.15) is 39.4 Å². The Labute approximate surface area is 190 Å². The van der Waals surface area contributed by atoms with Crippen LogP contribution in [0.25, 0.3) is 0 Å². The number of nitrogens with two attached hydrogens (primary N) is 1. The molecule has 6 nitrogen and oxygen atoms in total. The van der Waals surface area contributed by atoms with Crippen molar-refractivity contribution in [2.24, 2.45) is 5.73 Å². The first-order valence-corrected chi connectivity index (χ1v) is 10.4. The minimum atomic E-state index is -0.539. The molecule has 0 aromatic heterocycles. The summed E-state index contributed by atoms with van der Waals surface area (Å²) in [7, 11) is 0. The van der Waals surface area contributed by atoms with Crippen LogP contribution in [0.3, 0.4) is 0 Å². The van der Waals surface area contributed by atoms with Gasteiger partial charge in [0.2, 0.25) is 11.8 Å². The number of nitriles is 1. The zero-order chi connectivity index (χ0) is 22.8. The van der Waals surface area contributed by atoms with Crippen LogP contribution in [0.2, 0.25) is 5.02 Å². The second-order valence-electron chi connectivity index (χ2n) is 7.72. The molecule has 0 bridgehead atoms. The third kappa shape index (κ3) is 4.29. The highest BCUT2D eigenvalue weighted by Gasteiger charge is 2.32. The van der Waals surface area contributed by atoms with Gasteiger partial charge in [-0.05, 0) is 60.5 Å². The minimum absolute atomic E-state index is 0.0423. The Morgan fingerprint density at radius 2 is 1.97 bits per heavy atom.